The average molecular weight is 310 g/mol. The summed E-state index contributed by atoms with van der Waals surface area (Å²) in [6.45, 7) is 1.29. The number of hydrogen-bond acceptors (Lipinski definition) is 2. The number of amides is 2. The Morgan fingerprint density at radius 2 is 1.83 bits per heavy atom. The van der Waals surface area contributed by atoms with Crippen LogP contribution in [0.5, 0.6) is 0 Å². The van der Waals surface area contributed by atoms with Gasteiger partial charge < -0.3 is 10.2 Å². The molecule has 4 nitrogen and oxygen atoms in total. The van der Waals surface area contributed by atoms with Crippen LogP contribution >= 0.6 is 0 Å². The highest BCUT2D eigenvalue weighted by Crippen LogP contribution is 2.20. The fourth-order valence-corrected chi connectivity index (χ4v) is 3.08. The molecule has 2 aliphatic rings. The number of piperidine rings is 1. The van der Waals surface area contributed by atoms with Crippen molar-refractivity contribution in [2.24, 2.45) is 5.92 Å². The van der Waals surface area contributed by atoms with Gasteiger partial charge in [-0.05, 0) is 43.9 Å². The Hall–Kier alpha value is -2.36. The van der Waals surface area contributed by atoms with Crippen molar-refractivity contribution in [1.29, 1.82) is 0 Å². The molecule has 0 atom stereocenters. The van der Waals surface area contributed by atoms with Crippen LogP contribution in [-0.4, -0.2) is 29.8 Å². The van der Waals surface area contributed by atoms with E-state index < -0.39 is 0 Å². The van der Waals surface area contributed by atoms with Crippen molar-refractivity contribution in [2.45, 2.75) is 25.7 Å². The summed E-state index contributed by atoms with van der Waals surface area (Å²) >= 11 is 0. The number of nitrogens with zero attached hydrogens (tertiary/aromatic N) is 1. The van der Waals surface area contributed by atoms with Gasteiger partial charge in [-0.3, -0.25) is 9.59 Å². The lowest BCUT2D eigenvalue weighted by Crippen LogP contribution is -2.42. The largest absolute Gasteiger partial charge is 0.339 e. The minimum Gasteiger partial charge on any atom is -0.339 e. The van der Waals surface area contributed by atoms with E-state index in [9.17, 15) is 9.59 Å². The number of likely N-dealkylation sites (tertiary alicyclic amines) is 1. The lowest BCUT2D eigenvalue weighted by atomic mass is 9.95. The van der Waals surface area contributed by atoms with E-state index in [0.717, 1.165) is 36.9 Å². The molecular weight excluding hydrogens is 288 g/mol. The standard InChI is InChI=1S/C19H22N2O2/c22-18(20-17-9-5-2-6-10-17)15-11-13-21(14-12-15)19(23)16-7-3-1-4-8-16/h1-5,7-9,15H,6,10-14H2,(H,20,22). The molecule has 120 valence electrons. The maximum Gasteiger partial charge on any atom is 0.253 e. The number of nitrogens with one attached hydrogen (secondary N) is 1. The first-order chi connectivity index (χ1) is 11.2. The fourth-order valence-electron chi connectivity index (χ4n) is 3.08. The molecule has 1 fully saturated rings. The van der Waals surface area contributed by atoms with Crippen LogP contribution in [0, 0.1) is 5.92 Å². The number of hydrogen-bond donors (Lipinski definition) is 1. The molecule has 1 aromatic rings. The van der Waals surface area contributed by atoms with Crippen molar-refractivity contribution in [3.63, 3.8) is 0 Å². The molecule has 1 heterocycles. The maximum atomic E-state index is 12.4. The summed E-state index contributed by atoms with van der Waals surface area (Å²) in [5.41, 5.74) is 1.72. The molecule has 3 rings (SSSR count). The van der Waals surface area contributed by atoms with Crippen LogP contribution in [0.25, 0.3) is 0 Å². The molecule has 0 radical (unpaired) electrons. The van der Waals surface area contributed by atoms with Crippen LogP contribution in [0.4, 0.5) is 0 Å². The second-order valence-corrected chi connectivity index (χ2v) is 6.08. The van der Waals surface area contributed by atoms with Gasteiger partial charge in [-0.15, -0.1) is 0 Å². The number of allylic oxidation sites excluding steroid dienone is 4. The highest BCUT2D eigenvalue weighted by Gasteiger charge is 2.28. The summed E-state index contributed by atoms with van der Waals surface area (Å²) < 4.78 is 0. The third-order valence-electron chi connectivity index (χ3n) is 4.47. The predicted molar refractivity (Wildman–Crippen MR) is 89.7 cm³/mol. The number of benzene rings is 1. The molecule has 1 N–H and O–H groups in total. The van der Waals surface area contributed by atoms with Crippen molar-refractivity contribution < 1.29 is 9.59 Å². The predicted octanol–water partition coefficient (Wildman–Crippen LogP) is 2.89. The second kappa shape index (κ2) is 7.27. The maximum absolute atomic E-state index is 12.4. The molecule has 4 heteroatoms. The van der Waals surface area contributed by atoms with Crippen LogP contribution in [0.15, 0.2) is 54.3 Å². The quantitative estimate of drug-likeness (QED) is 0.933. The van der Waals surface area contributed by atoms with Gasteiger partial charge >= 0.3 is 0 Å². The van der Waals surface area contributed by atoms with E-state index in [1.807, 2.05) is 47.4 Å². The molecule has 23 heavy (non-hydrogen) atoms. The first kappa shape index (κ1) is 15.5. The van der Waals surface area contributed by atoms with Gasteiger partial charge in [-0.25, -0.2) is 0 Å². The first-order valence-corrected chi connectivity index (χ1v) is 8.25. The fraction of sp³-hybridized carbons (Fsp3) is 0.368. The molecule has 0 unspecified atom stereocenters. The van der Waals surface area contributed by atoms with Crippen LogP contribution in [0.1, 0.15) is 36.0 Å². The van der Waals surface area contributed by atoms with Gasteiger partial charge in [0.25, 0.3) is 5.91 Å². The Morgan fingerprint density at radius 1 is 1.09 bits per heavy atom. The third kappa shape index (κ3) is 3.89. The van der Waals surface area contributed by atoms with Gasteiger partial charge in [0.1, 0.15) is 0 Å². The summed E-state index contributed by atoms with van der Waals surface area (Å²) in [6, 6.07) is 9.33. The third-order valence-corrected chi connectivity index (χ3v) is 4.47. The van der Waals surface area contributed by atoms with Gasteiger partial charge in [0.15, 0.2) is 0 Å². The summed E-state index contributed by atoms with van der Waals surface area (Å²) in [5, 5.41) is 3.03. The van der Waals surface area contributed by atoms with Crippen molar-refractivity contribution in [2.75, 3.05) is 13.1 Å². The molecule has 1 aliphatic heterocycles. The zero-order chi connectivity index (χ0) is 16.1. The smallest absolute Gasteiger partial charge is 0.253 e. The zero-order valence-electron chi connectivity index (χ0n) is 13.2. The Kier molecular flexibility index (Phi) is 4.91. The van der Waals surface area contributed by atoms with Crippen molar-refractivity contribution in [3.8, 4) is 0 Å². The first-order valence-electron chi connectivity index (χ1n) is 8.25. The Labute approximate surface area is 136 Å². The van der Waals surface area contributed by atoms with Gasteiger partial charge in [-0.1, -0.05) is 30.4 Å². The monoisotopic (exact) mass is 310 g/mol. The Balaban J connectivity index is 1.52. The van der Waals surface area contributed by atoms with Crippen molar-refractivity contribution >= 4 is 11.8 Å². The van der Waals surface area contributed by atoms with E-state index in [-0.39, 0.29) is 17.7 Å². The molecule has 0 saturated carbocycles. The number of carbonyl (C=O) groups is 2. The van der Waals surface area contributed by atoms with Gasteiger partial charge in [-0.2, -0.15) is 0 Å². The lowest BCUT2D eigenvalue weighted by molar-refractivity contribution is -0.125. The molecule has 2 amide bonds. The van der Waals surface area contributed by atoms with Crippen molar-refractivity contribution in [1.82, 2.24) is 10.2 Å². The topological polar surface area (TPSA) is 49.4 Å². The highest BCUT2D eigenvalue weighted by molar-refractivity contribution is 5.94. The summed E-state index contributed by atoms with van der Waals surface area (Å²) in [6.07, 6.45) is 9.39. The Morgan fingerprint density at radius 3 is 2.48 bits per heavy atom. The second-order valence-electron chi connectivity index (χ2n) is 6.08. The summed E-state index contributed by atoms with van der Waals surface area (Å²) in [4.78, 5) is 26.6. The highest BCUT2D eigenvalue weighted by atomic mass is 16.2. The lowest BCUT2D eigenvalue weighted by Gasteiger charge is -2.31. The van der Waals surface area contributed by atoms with E-state index in [1.165, 1.54) is 0 Å². The zero-order valence-corrected chi connectivity index (χ0v) is 13.2. The molecule has 1 saturated heterocycles. The molecule has 0 bridgehead atoms. The summed E-state index contributed by atoms with van der Waals surface area (Å²) in [5.74, 6) is 0.157. The molecule has 1 aromatic carbocycles. The van der Waals surface area contributed by atoms with E-state index in [0.29, 0.717) is 13.1 Å². The molecule has 0 spiro atoms. The van der Waals surface area contributed by atoms with Crippen LogP contribution in [0.2, 0.25) is 0 Å². The Bertz CT molecular complexity index is 626. The van der Waals surface area contributed by atoms with E-state index in [2.05, 4.69) is 11.4 Å². The summed E-state index contributed by atoms with van der Waals surface area (Å²) in [7, 11) is 0. The van der Waals surface area contributed by atoms with Crippen LogP contribution < -0.4 is 5.32 Å². The average Bonchev–Trinajstić information content (AvgIpc) is 2.63. The molecule has 0 aromatic heterocycles. The number of rotatable bonds is 3. The minimum absolute atomic E-state index is 0.00151. The van der Waals surface area contributed by atoms with E-state index in [1.54, 1.807) is 0 Å². The molecule has 1 aliphatic carbocycles. The van der Waals surface area contributed by atoms with E-state index >= 15 is 0 Å². The molecular formula is C19H22N2O2. The van der Waals surface area contributed by atoms with Crippen LogP contribution in [-0.2, 0) is 4.79 Å². The van der Waals surface area contributed by atoms with Crippen LogP contribution in [0.3, 0.4) is 0 Å². The van der Waals surface area contributed by atoms with E-state index in [4.69, 9.17) is 0 Å². The van der Waals surface area contributed by atoms with Gasteiger partial charge in [0.05, 0.1) is 0 Å². The van der Waals surface area contributed by atoms with Gasteiger partial charge in [0.2, 0.25) is 5.91 Å². The van der Waals surface area contributed by atoms with Crippen molar-refractivity contribution in [3.05, 3.63) is 59.8 Å². The SMILES string of the molecule is O=C(NC1=CC=CCC1)C1CCN(C(=O)c2ccccc2)CC1. The van der Waals surface area contributed by atoms with Gasteiger partial charge in [0, 0.05) is 30.3 Å². The minimum atomic E-state index is 0.00151. The normalized spacial score (nSPS) is 18.4. The number of carbonyl (C=O) groups excluding carboxylic acids is 2.